The van der Waals surface area contributed by atoms with Crippen LogP contribution >= 0.6 is 0 Å². The van der Waals surface area contributed by atoms with Crippen molar-refractivity contribution in [1.29, 1.82) is 0 Å². The molecule has 2 aromatic heterocycles. The molecule has 1 fully saturated rings. The highest BCUT2D eigenvalue weighted by Gasteiger charge is 2.32. The van der Waals surface area contributed by atoms with E-state index in [-0.39, 0.29) is 11.3 Å². The van der Waals surface area contributed by atoms with E-state index in [1.165, 1.54) is 19.3 Å². The van der Waals surface area contributed by atoms with Crippen molar-refractivity contribution in [2.45, 2.75) is 45.4 Å². The zero-order valence-corrected chi connectivity index (χ0v) is 15.7. The van der Waals surface area contributed by atoms with E-state index in [2.05, 4.69) is 15.3 Å². The number of aromatic nitrogens is 3. The average molecular weight is 356 g/mol. The number of hydrogen-bond acceptors (Lipinski definition) is 4. The Kier molecular flexibility index (Phi) is 6.04. The van der Waals surface area contributed by atoms with Crippen LogP contribution in [-0.4, -0.2) is 40.7 Å². The molecule has 0 radical (unpaired) electrons. The summed E-state index contributed by atoms with van der Waals surface area (Å²) in [5, 5.41) is 3.12. The van der Waals surface area contributed by atoms with E-state index < -0.39 is 0 Å². The smallest absolute Gasteiger partial charge is 0.269 e. The standard InChI is InChI=1S/C20H28N4O2/c1-16-21-11-12-24(16)17-6-10-22-18(14-17)19(25)23-15-20(9-13-26-2)7-4-3-5-8-20/h6,10-12,14H,3-5,7-9,13,15H2,1-2H3,(H,23,25). The third kappa shape index (κ3) is 4.30. The minimum Gasteiger partial charge on any atom is -0.385 e. The summed E-state index contributed by atoms with van der Waals surface area (Å²) in [5.74, 6) is 0.760. The fraction of sp³-hybridized carbons (Fsp3) is 0.550. The number of hydrogen-bond donors (Lipinski definition) is 1. The maximum atomic E-state index is 12.7. The Labute approximate surface area is 155 Å². The summed E-state index contributed by atoms with van der Waals surface area (Å²) in [6.07, 6.45) is 12.3. The van der Waals surface area contributed by atoms with Crippen LogP contribution in [0.15, 0.2) is 30.7 Å². The summed E-state index contributed by atoms with van der Waals surface area (Å²) in [6, 6.07) is 3.69. The van der Waals surface area contributed by atoms with Gasteiger partial charge in [-0.1, -0.05) is 19.3 Å². The lowest BCUT2D eigenvalue weighted by atomic mass is 9.72. The molecular weight excluding hydrogens is 328 g/mol. The van der Waals surface area contributed by atoms with E-state index in [4.69, 9.17) is 4.74 Å². The molecule has 3 rings (SSSR count). The summed E-state index contributed by atoms with van der Waals surface area (Å²) in [7, 11) is 1.74. The highest BCUT2D eigenvalue weighted by atomic mass is 16.5. The van der Waals surface area contributed by atoms with Crippen LogP contribution in [0.25, 0.3) is 5.69 Å². The number of pyridine rings is 1. The minimum atomic E-state index is -0.119. The van der Waals surface area contributed by atoms with Crippen molar-refractivity contribution < 1.29 is 9.53 Å². The van der Waals surface area contributed by atoms with Gasteiger partial charge in [-0.15, -0.1) is 0 Å². The maximum absolute atomic E-state index is 12.7. The zero-order chi connectivity index (χ0) is 18.4. The molecule has 0 saturated heterocycles. The van der Waals surface area contributed by atoms with Crippen LogP contribution in [0.1, 0.15) is 54.8 Å². The Bertz CT molecular complexity index is 735. The first kappa shape index (κ1) is 18.6. The molecule has 6 nitrogen and oxygen atoms in total. The Hall–Kier alpha value is -2.21. The van der Waals surface area contributed by atoms with Crippen LogP contribution in [0, 0.1) is 12.3 Å². The van der Waals surface area contributed by atoms with Crippen molar-refractivity contribution in [2.24, 2.45) is 5.41 Å². The number of nitrogens with zero attached hydrogens (tertiary/aromatic N) is 3. The Morgan fingerprint density at radius 2 is 2.08 bits per heavy atom. The number of nitrogens with one attached hydrogen (secondary N) is 1. The van der Waals surface area contributed by atoms with Crippen molar-refractivity contribution in [3.05, 3.63) is 42.2 Å². The van der Waals surface area contributed by atoms with Gasteiger partial charge in [-0.25, -0.2) is 4.98 Å². The number of methoxy groups -OCH3 is 1. The molecule has 1 saturated carbocycles. The number of aryl methyl sites for hydroxylation is 1. The average Bonchev–Trinajstić information content (AvgIpc) is 3.11. The van der Waals surface area contributed by atoms with Gasteiger partial charge in [0.15, 0.2) is 0 Å². The fourth-order valence-corrected chi connectivity index (χ4v) is 3.84. The van der Waals surface area contributed by atoms with Gasteiger partial charge in [-0.2, -0.15) is 0 Å². The SMILES string of the molecule is COCCC1(CNC(=O)c2cc(-n3ccnc3C)ccn2)CCCCC1. The molecule has 1 aliphatic carbocycles. The van der Waals surface area contributed by atoms with Crippen LogP contribution in [0.3, 0.4) is 0 Å². The first-order chi connectivity index (χ1) is 12.6. The molecule has 26 heavy (non-hydrogen) atoms. The third-order valence-corrected chi connectivity index (χ3v) is 5.45. The lowest BCUT2D eigenvalue weighted by molar-refractivity contribution is 0.0819. The highest BCUT2D eigenvalue weighted by molar-refractivity contribution is 5.92. The largest absolute Gasteiger partial charge is 0.385 e. The van der Waals surface area contributed by atoms with Crippen molar-refractivity contribution in [1.82, 2.24) is 19.9 Å². The molecule has 1 amide bonds. The molecule has 0 aromatic carbocycles. The molecule has 1 aliphatic rings. The van der Waals surface area contributed by atoms with Crippen molar-refractivity contribution >= 4 is 5.91 Å². The zero-order valence-electron chi connectivity index (χ0n) is 15.7. The van der Waals surface area contributed by atoms with Gasteiger partial charge in [0.1, 0.15) is 11.5 Å². The molecular formula is C20H28N4O2. The lowest BCUT2D eigenvalue weighted by Gasteiger charge is -2.37. The number of rotatable bonds is 7. The number of amides is 1. The summed E-state index contributed by atoms with van der Waals surface area (Å²) >= 11 is 0. The molecule has 0 spiro atoms. The van der Waals surface area contributed by atoms with Gasteiger partial charge in [0.2, 0.25) is 0 Å². The summed E-state index contributed by atoms with van der Waals surface area (Å²) in [6.45, 7) is 3.36. The maximum Gasteiger partial charge on any atom is 0.269 e. The predicted octanol–water partition coefficient (Wildman–Crippen LogP) is 3.29. The molecule has 0 atom stereocenters. The highest BCUT2D eigenvalue weighted by Crippen LogP contribution is 2.38. The summed E-state index contributed by atoms with van der Waals surface area (Å²) < 4.78 is 7.24. The monoisotopic (exact) mass is 356 g/mol. The van der Waals surface area contributed by atoms with Crippen LogP contribution in [0.2, 0.25) is 0 Å². The molecule has 2 heterocycles. The van der Waals surface area contributed by atoms with Crippen LogP contribution in [-0.2, 0) is 4.74 Å². The van der Waals surface area contributed by atoms with Crippen LogP contribution in [0.4, 0.5) is 0 Å². The summed E-state index contributed by atoms with van der Waals surface area (Å²) in [5.41, 5.74) is 1.49. The first-order valence-electron chi connectivity index (χ1n) is 9.37. The normalized spacial score (nSPS) is 16.4. The van der Waals surface area contributed by atoms with E-state index in [9.17, 15) is 4.79 Å². The topological polar surface area (TPSA) is 69.0 Å². The minimum absolute atomic E-state index is 0.119. The summed E-state index contributed by atoms with van der Waals surface area (Å²) in [4.78, 5) is 21.2. The van der Waals surface area contributed by atoms with Gasteiger partial charge >= 0.3 is 0 Å². The second-order valence-corrected chi connectivity index (χ2v) is 7.23. The second-order valence-electron chi connectivity index (χ2n) is 7.23. The number of imidazole rings is 1. The fourth-order valence-electron chi connectivity index (χ4n) is 3.84. The van der Waals surface area contributed by atoms with Gasteiger partial charge in [-0.3, -0.25) is 9.78 Å². The van der Waals surface area contributed by atoms with Crippen LogP contribution in [0.5, 0.6) is 0 Å². The Morgan fingerprint density at radius 3 is 2.77 bits per heavy atom. The van der Waals surface area contributed by atoms with E-state index in [1.807, 2.05) is 29.8 Å². The molecule has 0 aliphatic heterocycles. The molecule has 140 valence electrons. The van der Waals surface area contributed by atoms with Gasteiger partial charge in [0.25, 0.3) is 5.91 Å². The predicted molar refractivity (Wildman–Crippen MR) is 100 cm³/mol. The molecule has 0 bridgehead atoms. The lowest BCUT2D eigenvalue weighted by Crippen LogP contribution is -2.40. The Morgan fingerprint density at radius 1 is 1.27 bits per heavy atom. The van der Waals surface area contributed by atoms with Crippen molar-refractivity contribution in [3.8, 4) is 5.69 Å². The van der Waals surface area contributed by atoms with Crippen LogP contribution < -0.4 is 5.32 Å². The van der Waals surface area contributed by atoms with Crippen molar-refractivity contribution in [3.63, 3.8) is 0 Å². The molecule has 2 aromatic rings. The van der Waals surface area contributed by atoms with E-state index in [1.54, 1.807) is 19.5 Å². The van der Waals surface area contributed by atoms with E-state index in [0.29, 0.717) is 12.2 Å². The van der Waals surface area contributed by atoms with Gasteiger partial charge < -0.3 is 14.6 Å². The molecule has 6 heteroatoms. The van der Waals surface area contributed by atoms with Gasteiger partial charge in [0, 0.05) is 38.9 Å². The second kappa shape index (κ2) is 8.45. The number of carbonyl (C=O) groups excluding carboxylic acids is 1. The molecule has 0 unspecified atom stereocenters. The van der Waals surface area contributed by atoms with Gasteiger partial charge in [-0.05, 0) is 43.7 Å². The first-order valence-corrected chi connectivity index (χ1v) is 9.37. The quantitative estimate of drug-likeness (QED) is 0.826. The van der Waals surface area contributed by atoms with Gasteiger partial charge in [0.05, 0.1) is 5.69 Å². The third-order valence-electron chi connectivity index (χ3n) is 5.45. The van der Waals surface area contributed by atoms with Crippen molar-refractivity contribution in [2.75, 3.05) is 20.3 Å². The number of carbonyl (C=O) groups is 1. The number of ether oxygens (including phenoxy) is 1. The van der Waals surface area contributed by atoms with E-state index >= 15 is 0 Å². The van der Waals surface area contributed by atoms with E-state index in [0.717, 1.165) is 37.4 Å². The Balaban J connectivity index is 1.68. The molecule has 1 N–H and O–H groups in total.